The summed E-state index contributed by atoms with van der Waals surface area (Å²) >= 11 is 0. The zero-order valence-corrected chi connectivity index (χ0v) is 20.5. The number of hydrogen-bond donors (Lipinski definition) is 1. The topological polar surface area (TPSA) is 111 Å². The first-order chi connectivity index (χ1) is 16.7. The Morgan fingerprint density at radius 3 is 2.37 bits per heavy atom. The van der Waals surface area contributed by atoms with Crippen LogP contribution < -0.4 is 19.8 Å². The molecule has 0 radical (unpaired) electrons. The van der Waals surface area contributed by atoms with Gasteiger partial charge in [0.25, 0.3) is 5.56 Å². The minimum Gasteiger partial charge on any atom is -0.494 e. The summed E-state index contributed by atoms with van der Waals surface area (Å²) in [6, 6.07) is 12.7. The van der Waals surface area contributed by atoms with Gasteiger partial charge in [0.1, 0.15) is 17.4 Å². The van der Waals surface area contributed by atoms with E-state index >= 15 is 0 Å². The highest BCUT2D eigenvalue weighted by Gasteiger charge is 2.24. The highest BCUT2D eigenvalue weighted by atomic mass is 16.5. The Morgan fingerprint density at radius 1 is 1.03 bits per heavy atom. The summed E-state index contributed by atoms with van der Waals surface area (Å²) in [5, 5.41) is 20.5. The Morgan fingerprint density at radius 2 is 1.74 bits per heavy atom. The second-order valence-electron chi connectivity index (χ2n) is 8.16. The molecule has 0 spiro atoms. The minimum absolute atomic E-state index is 0.0490. The smallest absolute Gasteiger partial charge is 0.271 e. The van der Waals surface area contributed by atoms with Gasteiger partial charge in [-0.15, -0.1) is 0 Å². The Labute approximate surface area is 203 Å². The number of carbonyl (C=O) groups excluding carboxylic acids is 1. The van der Waals surface area contributed by atoms with Crippen molar-refractivity contribution in [2.24, 2.45) is 0 Å². The first-order valence-electron chi connectivity index (χ1n) is 11.0. The maximum atomic E-state index is 13.0. The first-order valence-corrected chi connectivity index (χ1v) is 11.0. The summed E-state index contributed by atoms with van der Waals surface area (Å²) in [5.74, 6) is 0.591. The third-order valence-corrected chi connectivity index (χ3v) is 6.00. The van der Waals surface area contributed by atoms with Crippen LogP contribution >= 0.6 is 0 Å². The van der Waals surface area contributed by atoms with Crippen LogP contribution in [0.2, 0.25) is 0 Å². The van der Waals surface area contributed by atoms with Crippen LogP contribution in [-0.4, -0.2) is 36.3 Å². The number of nitriles is 1. The quantitative estimate of drug-likeness (QED) is 0.467. The number of pyridine rings is 1. The fourth-order valence-corrected chi connectivity index (χ4v) is 3.79. The zero-order valence-electron chi connectivity index (χ0n) is 20.5. The average molecular weight is 477 g/mol. The molecule has 0 amide bonds. The molecule has 2 aromatic carbocycles. The molecular formula is C27H28N2O6. The van der Waals surface area contributed by atoms with E-state index in [-0.39, 0.29) is 29.8 Å². The number of hydrogen-bond acceptors (Lipinski definition) is 7. The van der Waals surface area contributed by atoms with Crippen LogP contribution in [0, 0.1) is 32.1 Å². The maximum absolute atomic E-state index is 13.0. The van der Waals surface area contributed by atoms with Gasteiger partial charge in [-0.05, 0) is 73.7 Å². The number of methoxy groups -OCH3 is 2. The number of benzene rings is 2. The standard InChI is InChI=1S/C27H28N2O6/c1-16-6-8-20(12-17(16)2)35-15-22(30)25-18(3)21(14-28)26(31)29(27(25)32)11-10-19-7-9-23(33-4)24(13-19)34-5/h6-9,12-13,32H,10-11,15H2,1-5H3. The molecule has 0 saturated heterocycles. The van der Waals surface area contributed by atoms with Crippen LogP contribution in [0.25, 0.3) is 0 Å². The normalized spacial score (nSPS) is 10.5. The predicted octanol–water partition coefficient (Wildman–Crippen LogP) is 3.87. The average Bonchev–Trinajstić information content (AvgIpc) is 2.84. The van der Waals surface area contributed by atoms with Crippen molar-refractivity contribution in [3.8, 4) is 29.2 Å². The van der Waals surface area contributed by atoms with Crippen molar-refractivity contribution in [2.75, 3.05) is 20.8 Å². The number of aromatic hydroxyl groups is 1. The van der Waals surface area contributed by atoms with Gasteiger partial charge in [-0.25, -0.2) is 0 Å². The van der Waals surface area contributed by atoms with Crippen LogP contribution in [0.15, 0.2) is 41.2 Å². The van der Waals surface area contributed by atoms with Crippen LogP contribution in [0.1, 0.15) is 38.2 Å². The monoisotopic (exact) mass is 476 g/mol. The lowest BCUT2D eigenvalue weighted by Gasteiger charge is -2.16. The highest BCUT2D eigenvalue weighted by molar-refractivity contribution is 6.01. The Balaban J connectivity index is 1.90. The van der Waals surface area contributed by atoms with E-state index < -0.39 is 17.2 Å². The van der Waals surface area contributed by atoms with E-state index in [4.69, 9.17) is 14.2 Å². The molecule has 182 valence electrons. The number of carbonyl (C=O) groups is 1. The van der Waals surface area contributed by atoms with Gasteiger partial charge < -0.3 is 19.3 Å². The van der Waals surface area contributed by atoms with Crippen molar-refractivity contribution in [1.82, 2.24) is 4.57 Å². The molecule has 0 aliphatic carbocycles. The fourth-order valence-electron chi connectivity index (χ4n) is 3.79. The van der Waals surface area contributed by atoms with Gasteiger partial charge in [0.2, 0.25) is 11.7 Å². The predicted molar refractivity (Wildman–Crippen MR) is 131 cm³/mol. The zero-order chi connectivity index (χ0) is 25.7. The molecule has 0 unspecified atom stereocenters. The van der Waals surface area contributed by atoms with Gasteiger partial charge in [0.15, 0.2) is 18.1 Å². The lowest BCUT2D eigenvalue weighted by molar-refractivity contribution is 0.0916. The van der Waals surface area contributed by atoms with E-state index in [9.17, 15) is 20.0 Å². The molecule has 1 N–H and O–H groups in total. The molecule has 0 aliphatic heterocycles. The Hall–Kier alpha value is -4.25. The summed E-state index contributed by atoms with van der Waals surface area (Å²) in [6.45, 7) is 5.08. The molecule has 35 heavy (non-hydrogen) atoms. The second kappa shape index (κ2) is 10.8. The summed E-state index contributed by atoms with van der Waals surface area (Å²) in [5.41, 5.74) is 2.11. The summed E-state index contributed by atoms with van der Waals surface area (Å²) < 4.78 is 17.2. The molecular weight excluding hydrogens is 448 g/mol. The molecule has 0 aliphatic rings. The van der Waals surface area contributed by atoms with Crippen molar-refractivity contribution < 1.29 is 24.1 Å². The van der Waals surface area contributed by atoms with Crippen LogP contribution in [0.3, 0.4) is 0 Å². The molecule has 1 heterocycles. The lowest BCUT2D eigenvalue weighted by Crippen LogP contribution is -2.28. The molecule has 0 bridgehead atoms. The second-order valence-corrected chi connectivity index (χ2v) is 8.16. The van der Waals surface area contributed by atoms with Crippen molar-refractivity contribution in [1.29, 1.82) is 5.26 Å². The van der Waals surface area contributed by atoms with Gasteiger partial charge in [0, 0.05) is 6.54 Å². The number of ether oxygens (including phenoxy) is 3. The van der Waals surface area contributed by atoms with E-state index in [1.54, 1.807) is 18.2 Å². The molecule has 3 aromatic rings. The number of ketones is 1. The van der Waals surface area contributed by atoms with E-state index in [1.165, 1.54) is 21.1 Å². The Kier molecular flexibility index (Phi) is 7.82. The summed E-state index contributed by atoms with van der Waals surface area (Å²) in [6.07, 6.45) is 0.342. The Bertz CT molecular complexity index is 1370. The van der Waals surface area contributed by atoms with E-state index in [0.29, 0.717) is 23.7 Å². The number of aryl methyl sites for hydroxylation is 3. The third kappa shape index (κ3) is 5.30. The van der Waals surface area contributed by atoms with Crippen molar-refractivity contribution in [3.63, 3.8) is 0 Å². The summed E-state index contributed by atoms with van der Waals surface area (Å²) in [7, 11) is 3.06. The van der Waals surface area contributed by atoms with Gasteiger partial charge in [-0.3, -0.25) is 14.2 Å². The molecule has 3 rings (SSSR count). The van der Waals surface area contributed by atoms with Gasteiger partial charge in [-0.1, -0.05) is 12.1 Å². The number of nitrogens with zero attached hydrogens (tertiary/aromatic N) is 2. The van der Waals surface area contributed by atoms with Crippen LogP contribution in [0.4, 0.5) is 0 Å². The van der Waals surface area contributed by atoms with Gasteiger partial charge in [-0.2, -0.15) is 5.26 Å². The number of Topliss-reactive ketones (excluding diaryl/α,β-unsaturated/α-hetero) is 1. The molecule has 1 aromatic heterocycles. The third-order valence-electron chi connectivity index (χ3n) is 6.00. The maximum Gasteiger partial charge on any atom is 0.271 e. The molecule has 8 nitrogen and oxygen atoms in total. The van der Waals surface area contributed by atoms with Gasteiger partial charge >= 0.3 is 0 Å². The number of rotatable bonds is 9. The van der Waals surface area contributed by atoms with E-state index in [1.807, 2.05) is 38.1 Å². The van der Waals surface area contributed by atoms with Crippen molar-refractivity contribution in [2.45, 2.75) is 33.7 Å². The highest BCUT2D eigenvalue weighted by Crippen LogP contribution is 2.28. The summed E-state index contributed by atoms with van der Waals surface area (Å²) in [4.78, 5) is 25.9. The van der Waals surface area contributed by atoms with Crippen molar-refractivity contribution in [3.05, 3.63) is 80.1 Å². The molecule has 8 heteroatoms. The largest absolute Gasteiger partial charge is 0.494 e. The van der Waals surface area contributed by atoms with Crippen LogP contribution in [0.5, 0.6) is 23.1 Å². The SMILES string of the molecule is COc1ccc(CCn2c(O)c(C(=O)COc3ccc(C)c(C)c3)c(C)c(C#N)c2=O)cc1OC. The minimum atomic E-state index is -0.658. The molecule has 0 saturated carbocycles. The molecule has 0 atom stereocenters. The van der Waals surface area contributed by atoms with Gasteiger partial charge in [0.05, 0.1) is 19.8 Å². The fraction of sp³-hybridized carbons (Fsp3) is 0.296. The van der Waals surface area contributed by atoms with E-state index in [2.05, 4.69) is 0 Å². The first kappa shape index (κ1) is 25.4. The van der Waals surface area contributed by atoms with Crippen molar-refractivity contribution >= 4 is 5.78 Å². The van der Waals surface area contributed by atoms with Crippen LogP contribution in [-0.2, 0) is 13.0 Å². The lowest BCUT2D eigenvalue weighted by atomic mass is 10.0. The number of aromatic nitrogens is 1. The van der Waals surface area contributed by atoms with E-state index in [0.717, 1.165) is 21.3 Å². The molecule has 0 fully saturated rings.